The molecule has 5 nitrogen and oxygen atoms in total. The third-order valence-electron chi connectivity index (χ3n) is 3.19. The molecule has 3 aromatic rings. The second-order valence-corrected chi connectivity index (χ2v) is 6.92. The molecule has 8 heteroatoms. The number of thioether (sulfide) groups is 1. The topological polar surface area (TPSA) is 78.4 Å². The number of imidazole rings is 1. The third kappa shape index (κ3) is 4.27. The summed E-state index contributed by atoms with van der Waals surface area (Å²) in [6.07, 6.45) is -0.663. The molecule has 0 amide bonds. The number of benzene rings is 2. The van der Waals surface area contributed by atoms with E-state index in [1.165, 1.54) is 23.9 Å². The first-order valence-electron chi connectivity index (χ1n) is 7.09. The number of H-pyrrole nitrogens is 1. The smallest absolute Gasteiger partial charge is 0.166 e. The number of hydrogen-bond acceptors (Lipinski definition) is 5. The van der Waals surface area contributed by atoms with Gasteiger partial charge in [-0.2, -0.15) is 0 Å². The predicted molar refractivity (Wildman–Crippen MR) is 96.4 cm³/mol. The Hall–Kier alpha value is -1.60. The fourth-order valence-corrected chi connectivity index (χ4v) is 3.12. The Morgan fingerprint density at radius 3 is 2.62 bits per heavy atom. The van der Waals surface area contributed by atoms with Crippen LogP contribution >= 0.6 is 35.0 Å². The Balaban J connectivity index is 1.54. The Kier molecular flexibility index (Phi) is 5.40. The van der Waals surface area contributed by atoms with Crippen molar-refractivity contribution < 1.29 is 14.9 Å². The molecule has 3 N–H and O–H groups in total. The summed E-state index contributed by atoms with van der Waals surface area (Å²) in [5.41, 5.74) is 1.52. The van der Waals surface area contributed by atoms with Gasteiger partial charge in [-0.25, -0.2) is 4.98 Å². The number of halogens is 2. The second kappa shape index (κ2) is 7.53. The van der Waals surface area contributed by atoms with E-state index in [1.807, 2.05) is 0 Å². The summed E-state index contributed by atoms with van der Waals surface area (Å²) in [5, 5.41) is 20.8. The van der Waals surface area contributed by atoms with Crippen molar-refractivity contribution in [1.29, 1.82) is 0 Å². The van der Waals surface area contributed by atoms with Crippen molar-refractivity contribution in [1.82, 2.24) is 9.97 Å². The third-order valence-corrected chi connectivity index (χ3v) is 4.93. The Labute approximate surface area is 152 Å². The molecule has 0 saturated carbocycles. The highest BCUT2D eigenvalue weighted by molar-refractivity contribution is 7.99. The first-order chi connectivity index (χ1) is 11.5. The Morgan fingerprint density at radius 2 is 1.88 bits per heavy atom. The molecule has 1 atom stereocenters. The monoisotopic (exact) mass is 384 g/mol. The van der Waals surface area contributed by atoms with Crippen LogP contribution in [0.15, 0.2) is 41.6 Å². The normalized spacial score (nSPS) is 12.5. The maximum atomic E-state index is 10.0. The molecule has 126 valence electrons. The predicted octanol–water partition coefficient (Wildman–Crippen LogP) is 4.11. The molecule has 1 heterocycles. The zero-order valence-electron chi connectivity index (χ0n) is 12.4. The van der Waals surface area contributed by atoms with Crippen molar-refractivity contribution >= 4 is 46.0 Å². The van der Waals surface area contributed by atoms with Crippen molar-refractivity contribution in [2.45, 2.75) is 11.3 Å². The average molecular weight is 385 g/mol. The fourth-order valence-electron chi connectivity index (χ4n) is 2.01. The SMILES string of the molecule is Oc1ccc(OCC(O)CSc2nc3cc(Cl)c(Cl)cc3[nH]2)cc1. The van der Waals surface area contributed by atoms with Gasteiger partial charge < -0.3 is 19.9 Å². The van der Waals surface area contributed by atoms with Crippen LogP contribution < -0.4 is 4.74 Å². The number of nitrogens with one attached hydrogen (secondary N) is 1. The van der Waals surface area contributed by atoms with E-state index >= 15 is 0 Å². The van der Waals surface area contributed by atoms with Gasteiger partial charge in [0.1, 0.15) is 18.1 Å². The van der Waals surface area contributed by atoms with E-state index in [-0.39, 0.29) is 12.4 Å². The van der Waals surface area contributed by atoms with Crippen molar-refractivity contribution in [3.63, 3.8) is 0 Å². The number of ether oxygens (including phenoxy) is 1. The van der Waals surface area contributed by atoms with E-state index in [0.29, 0.717) is 26.7 Å². The molecule has 2 aromatic carbocycles. The zero-order valence-corrected chi connectivity index (χ0v) is 14.7. The van der Waals surface area contributed by atoms with Crippen LogP contribution in [0.1, 0.15) is 0 Å². The minimum absolute atomic E-state index is 0.148. The number of aromatic hydroxyl groups is 1. The van der Waals surface area contributed by atoms with Gasteiger partial charge in [0.15, 0.2) is 5.16 Å². The minimum Gasteiger partial charge on any atom is -0.508 e. The number of aliphatic hydroxyl groups excluding tert-OH is 1. The van der Waals surface area contributed by atoms with Gasteiger partial charge in [0, 0.05) is 5.75 Å². The van der Waals surface area contributed by atoms with Crippen molar-refractivity contribution in [3.8, 4) is 11.5 Å². The average Bonchev–Trinajstić information content (AvgIpc) is 2.94. The lowest BCUT2D eigenvalue weighted by molar-refractivity contribution is 0.126. The summed E-state index contributed by atoms with van der Waals surface area (Å²) < 4.78 is 5.46. The van der Waals surface area contributed by atoms with Crippen LogP contribution in [0.25, 0.3) is 11.0 Å². The molecule has 0 aliphatic heterocycles. The van der Waals surface area contributed by atoms with Gasteiger partial charge in [0.25, 0.3) is 0 Å². The van der Waals surface area contributed by atoms with E-state index in [2.05, 4.69) is 9.97 Å². The number of phenols is 1. The molecule has 0 bridgehead atoms. The van der Waals surface area contributed by atoms with E-state index in [4.69, 9.17) is 27.9 Å². The highest BCUT2D eigenvalue weighted by Gasteiger charge is 2.11. The summed E-state index contributed by atoms with van der Waals surface area (Å²) in [5.74, 6) is 1.17. The standard InChI is InChI=1S/C16H14Cl2N2O3S/c17-12-5-14-15(6-13(12)18)20-16(19-14)24-8-10(22)7-23-11-3-1-9(21)2-4-11/h1-6,10,21-22H,7-8H2,(H,19,20). The van der Waals surface area contributed by atoms with Gasteiger partial charge in [-0.15, -0.1) is 0 Å². The van der Waals surface area contributed by atoms with Gasteiger partial charge in [0.2, 0.25) is 0 Å². The molecule has 24 heavy (non-hydrogen) atoms. The summed E-state index contributed by atoms with van der Waals surface area (Å²) in [7, 11) is 0. The summed E-state index contributed by atoms with van der Waals surface area (Å²) in [6.45, 7) is 0.148. The molecule has 0 aliphatic carbocycles. The maximum absolute atomic E-state index is 10.0. The molecule has 0 radical (unpaired) electrons. The number of aliphatic hydroxyl groups is 1. The lowest BCUT2D eigenvalue weighted by Crippen LogP contribution is -2.20. The zero-order chi connectivity index (χ0) is 17.1. The van der Waals surface area contributed by atoms with Crippen LogP contribution in [-0.2, 0) is 0 Å². The van der Waals surface area contributed by atoms with Crippen LogP contribution in [0, 0.1) is 0 Å². The quantitative estimate of drug-likeness (QED) is 0.557. The number of aromatic nitrogens is 2. The first kappa shape index (κ1) is 17.2. The van der Waals surface area contributed by atoms with E-state index < -0.39 is 6.10 Å². The molecule has 0 fully saturated rings. The summed E-state index contributed by atoms with van der Waals surface area (Å²) >= 11 is 13.3. The van der Waals surface area contributed by atoms with Gasteiger partial charge in [-0.05, 0) is 36.4 Å². The fraction of sp³-hybridized carbons (Fsp3) is 0.188. The molecule has 0 aliphatic rings. The molecular formula is C16H14Cl2N2O3S. The molecular weight excluding hydrogens is 371 g/mol. The molecule has 1 aromatic heterocycles. The van der Waals surface area contributed by atoms with Crippen LogP contribution in [0.5, 0.6) is 11.5 Å². The van der Waals surface area contributed by atoms with E-state index in [0.717, 1.165) is 11.0 Å². The maximum Gasteiger partial charge on any atom is 0.166 e. The molecule has 0 saturated heterocycles. The van der Waals surface area contributed by atoms with Crippen LogP contribution in [0.2, 0.25) is 10.0 Å². The van der Waals surface area contributed by atoms with Gasteiger partial charge in [0.05, 0.1) is 27.2 Å². The number of fused-ring (bicyclic) bond motifs is 1. The summed E-state index contributed by atoms with van der Waals surface area (Å²) in [4.78, 5) is 7.53. The lowest BCUT2D eigenvalue weighted by Gasteiger charge is -2.11. The largest absolute Gasteiger partial charge is 0.508 e. The highest BCUT2D eigenvalue weighted by atomic mass is 35.5. The van der Waals surface area contributed by atoms with E-state index in [9.17, 15) is 10.2 Å². The highest BCUT2D eigenvalue weighted by Crippen LogP contribution is 2.28. The molecule has 1 unspecified atom stereocenters. The number of aromatic amines is 1. The Morgan fingerprint density at radius 1 is 1.17 bits per heavy atom. The van der Waals surface area contributed by atoms with Crippen LogP contribution in [0.3, 0.4) is 0 Å². The van der Waals surface area contributed by atoms with Crippen LogP contribution in [0.4, 0.5) is 0 Å². The van der Waals surface area contributed by atoms with E-state index in [1.54, 1.807) is 24.3 Å². The van der Waals surface area contributed by atoms with Crippen molar-refractivity contribution in [3.05, 3.63) is 46.4 Å². The number of hydrogen-bond donors (Lipinski definition) is 3. The lowest BCUT2D eigenvalue weighted by atomic mass is 10.3. The first-order valence-corrected chi connectivity index (χ1v) is 8.83. The van der Waals surface area contributed by atoms with Crippen molar-refractivity contribution in [2.24, 2.45) is 0 Å². The summed E-state index contributed by atoms with van der Waals surface area (Å²) in [6, 6.07) is 9.76. The van der Waals surface area contributed by atoms with Gasteiger partial charge >= 0.3 is 0 Å². The number of rotatable bonds is 6. The molecule has 3 rings (SSSR count). The second-order valence-electron chi connectivity index (χ2n) is 5.10. The minimum atomic E-state index is -0.663. The van der Waals surface area contributed by atoms with Gasteiger partial charge in [-0.3, -0.25) is 0 Å². The van der Waals surface area contributed by atoms with Crippen LogP contribution in [-0.4, -0.2) is 38.6 Å². The Bertz CT molecular complexity index is 800. The van der Waals surface area contributed by atoms with Gasteiger partial charge in [-0.1, -0.05) is 35.0 Å². The van der Waals surface area contributed by atoms with Crippen molar-refractivity contribution in [2.75, 3.05) is 12.4 Å². The molecule has 0 spiro atoms. The number of nitrogens with zero attached hydrogens (tertiary/aromatic N) is 1. The number of phenolic OH excluding ortho intramolecular Hbond substituents is 1.